The molecular formula is C15H20O4. The highest BCUT2D eigenvalue weighted by Crippen LogP contribution is 2.43. The summed E-state index contributed by atoms with van der Waals surface area (Å²) in [7, 11) is 0. The second kappa shape index (κ2) is 4.44. The van der Waals surface area contributed by atoms with E-state index in [0.717, 1.165) is 34.4 Å². The Labute approximate surface area is 113 Å². The first-order valence-electron chi connectivity index (χ1n) is 6.47. The molecule has 0 aliphatic carbocycles. The van der Waals surface area contributed by atoms with Gasteiger partial charge in [-0.3, -0.25) is 4.79 Å². The number of benzene rings is 1. The first-order chi connectivity index (χ1) is 8.75. The third-order valence-corrected chi connectivity index (χ3v) is 4.12. The first-order valence-corrected chi connectivity index (χ1v) is 6.47. The number of carboxylic acid groups (broad SMARTS) is 1. The second-order valence-corrected chi connectivity index (χ2v) is 5.65. The van der Waals surface area contributed by atoms with Crippen molar-refractivity contribution in [1.29, 1.82) is 0 Å². The highest BCUT2D eigenvalue weighted by Gasteiger charge is 2.36. The fourth-order valence-corrected chi connectivity index (χ4v) is 2.74. The van der Waals surface area contributed by atoms with Crippen LogP contribution in [0, 0.1) is 20.8 Å². The summed E-state index contributed by atoms with van der Waals surface area (Å²) >= 11 is 0. The van der Waals surface area contributed by atoms with Crippen LogP contribution >= 0.6 is 0 Å². The Bertz CT molecular complexity index is 548. The molecule has 4 nitrogen and oxygen atoms in total. The zero-order chi connectivity index (χ0) is 14.4. The van der Waals surface area contributed by atoms with Gasteiger partial charge in [-0.15, -0.1) is 0 Å². The van der Waals surface area contributed by atoms with Crippen LogP contribution < -0.4 is 4.74 Å². The molecule has 0 bridgehead atoms. The van der Waals surface area contributed by atoms with E-state index in [1.54, 1.807) is 0 Å². The van der Waals surface area contributed by atoms with Gasteiger partial charge >= 0.3 is 5.97 Å². The molecule has 1 aromatic carbocycles. The minimum absolute atomic E-state index is 0.00908. The van der Waals surface area contributed by atoms with Gasteiger partial charge < -0.3 is 14.9 Å². The maximum Gasteiger partial charge on any atom is 0.307 e. The van der Waals surface area contributed by atoms with Crippen molar-refractivity contribution in [3.63, 3.8) is 0 Å². The molecule has 1 aliphatic rings. The molecular weight excluding hydrogens is 244 g/mol. The molecule has 1 aliphatic heterocycles. The molecule has 2 N–H and O–H groups in total. The van der Waals surface area contributed by atoms with Crippen LogP contribution in [0.15, 0.2) is 0 Å². The quantitative estimate of drug-likeness (QED) is 0.862. The lowest BCUT2D eigenvalue weighted by Crippen LogP contribution is -2.39. The number of aliphatic carboxylic acids is 1. The van der Waals surface area contributed by atoms with Crippen LogP contribution in [0.5, 0.6) is 11.5 Å². The maximum atomic E-state index is 10.9. The Morgan fingerprint density at radius 3 is 2.47 bits per heavy atom. The van der Waals surface area contributed by atoms with Crippen LogP contribution in [0.25, 0.3) is 0 Å². The average Bonchev–Trinajstić information content (AvgIpc) is 2.32. The lowest BCUT2D eigenvalue weighted by molar-refractivity contribution is -0.141. The van der Waals surface area contributed by atoms with Crippen LogP contribution in [0.1, 0.15) is 42.0 Å². The van der Waals surface area contributed by atoms with Gasteiger partial charge in [0.2, 0.25) is 0 Å². The van der Waals surface area contributed by atoms with E-state index >= 15 is 0 Å². The van der Waals surface area contributed by atoms with E-state index in [4.69, 9.17) is 9.84 Å². The summed E-state index contributed by atoms with van der Waals surface area (Å²) in [6, 6.07) is 0. The number of hydrogen-bond acceptors (Lipinski definition) is 3. The molecule has 4 heteroatoms. The number of carbonyl (C=O) groups is 1. The van der Waals surface area contributed by atoms with Crippen LogP contribution in [0.4, 0.5) is 0 Å². The molecule has 104 valence electrons. The number of aromatic hydroxyl groups is 1. The summed E-state index contributed by atoms with van der Waals surface area (Å²) in [6.07, 6.45) is 1.37. The van der Waals surface area contributed by atoms with Gasteiger partial charge in [-0.25, -0.2) is 0 Å². The van der Waals surface area contributed by atoms with Crippen LogP contribution in [-0.4, -0.2) is 21.8 Å². The summed E-state index contributed by atoms with van der Waals surface area (Å²) in [4.78, 5) is 10.9. The molecule has 0 spiro atoms. The average molecular weight is 264 g/mol. The third-order valence-electron chi connectivity index (χ3n) is 4.12. The summed E-state index contributed by atoms with van der Waals surface area (Å²) in [5.41, 5.74) is 2.88. The topological polar surface area (TPSA) is 66.8 Å². The minimum Gasteiger partial charge on any atom is -0.507 e. The normalized spacial score (nSPS) is 21.7. The van der Waals surface area contributed by atoms with Crippen molar-refractivity contribution in [3.8, 4) is 11.5 Å². The van der Waals surface area contributed by atoms with Gasteiger partial charge in [0.05, 0.1) is 6.42 Å². The predicted octanol–water partition coefficient (Wildman–Crippen LogP) is 2.88. The van der Waals surface area contributed by atoms with Gasteiger partial charge in [0.15, 0.2) is 0 Å². The highest BCUT2D eigenvalue weighted by molar-refractivity contribution is 5.68. The summed E-state index contributed by atoms with van der Waals surface area (Å²) < 4.78 is 5.99. The van der Waals surface area contributed by atoms with Gasteiger partial charge in [0, 0.05) is 5.56 Å². The molecule has 1 heterocycles. The molecule has 19 heavy (non-hydrogen) atoms. The predicted molar refractivity (Wildman–Crippen MR) is 71.9 cm³/mol. The number of fused-ring (bicyclic) bond motifs is 1. The molecule has 0 aromatic heterocycles. The Balaban J connectivity index is 2.49. The molecule has 0 radical (unpaired) electrons. The Morgan fingerprint density at radius 1 is 1.26 bits per heavy atom. The SMILES string of the molecule is Cc1c(C)c2c(c(C)c1O)CC[C@@](C)(CC(=O)O)O2. The van der Waals surface area contributed by atoms with Crippen LogP contribution in [-0.2, 0) is 11.2 Å². The Morgan fingerprint density at radius 2 is 1.89 bits per heavy atom. The number of ether oxygens (including phenoxy) is 1. The van der Waals surface area contributed by atoms with E-state index in [0.29, 0.717) is 12.2 Å². The van der Waals surface area contributed by atoms with Gasteiger partial charge in [-0.05, 0) is 57.2 Å². The summed E-state index contributed by atoms with van der Waals surface area (Å²) in [6.45, 7) is 7.47. The van der Waals surface area contributed by atoms with Gasteiger partial charge in [-0.2, -0.15) is 0 Å². The van der Waals surface area contributed by atoms with Crippen molar-refractivity contribution < 1.29 is 19.7 Å². The Hall–Kier alpha value is -1.71. The van der Waals surface area contributed by atoms with Crippen molar-refractivity contribution in [2.45, 2.75) is 52.6 Å². The zero-order valence-electron chi connectivity index (χ0n) is 11.8. The van der Waals surface area contributed by atoms with Gasteiger partial charge in [-0.1, -0.05) is 0 Å². The zero-order valence-corrected chi connectivity index (χ0v) is 11.8. The van der Waals surface area contributed by atoms with Crippen LogP contribution in [0.2, 0.25) is 0 Å². The number of hydrogen-bond donors (Lipinski definition) is 2. The molecule has 0 amide bonds. The molecule has 0 saturated carbocycles. The molecule has 2 rings (SSSR count). The maximum absolute atomic E-state index is 10.9. The lowest BCUT2D eigenvalue weighted by atomic mass is 9.85. The van der Waals surface area contributed by atoms with E-state index < -0.39 is 11.6 Å². The number of carboxylic acids is 1. The number of phenols is 1. The van der Waals surface area contributed by atoms with Gasteiger partial charge in [0.1, 0.15) is 17.1 Å². The highest BCUT2D eigenvalue weighted by atomic mass is 16.5. The molecule has 1 atom stereocenters. The minimum atomic E-state index is -0.851. The molecule has 0 fully saturated rings. The van der Waals surface area contributed by atoms with Crippen molar-refractivity contribution in [3.05, 3.63) is 22.3 Å². The smallest absolute Gasteiger partial charge is 0.307 e. The standard InChI is InChI=1S/C15H20O4/c1-8-9(2)14-11(10(3)13(8)18)5-6-15(4,19-14)7-12(16)17/h18H,5-7H2,1-4H3,(H,16,17)/t15-/m0/s1. The molecule has 0 saturated heterocycles. The van der Waals surface area contributed by atoms with Crippen molar-refractivity contribution in [1.82, 2.24) is 0 Å². The van der Waals surface area contributed by atoms with Crippen LogP contribution in [0.3, 0.4) is 0 Å². The Kier molecular flexibility index (Phi) is 3.20. The van der Waals surface area contributed by atoms with E-state index in [2.05, 4.69) is 0 Å². The van der Waals surface area contributed by atoms with E-state index in [-0.39, 0.29) is 6.42 Å². The third kappa shape index (κ3) is 2.27. The monoisotopic (exact) mass is 264 g/mol. The van der Waals surface area contributed by atoms with E-state index in [1.807, 2.05) is 27.7 Å². The largest absolute Gasteiger partial charge is 0.507 e. The lowest BCUT2D eigenvalue weighted by Gasteiger charge is -2.37. The molecule has 0 unspecified atom stereocenters. The fourth-order valence-electron chi connectivity index (χ4n) is 2.74. The van der Waals surface area contributed by atoms with Crippen molar-refractivity contribution >= 4 is 5.97 Å². The van der Waals surface area contributed by atoms with Crippen molar-refractivity contribution in [2.75, 3.05) is 0 Å². The molecule has 1 aromatic rings. The first kappa shape index (κ1) is 13.7. The van der Waals surface area contributed by atoms with Crippen molar-refractivity contribution in [2.24, 2.45) is 0 Å². The van der Waals surface area contributed by atoms with Gasteiger partial charge in [0.25, 0.3) is 0 Å². The van der Waals surface area contributed by atoms with E-state index in [9.17, 15) is 9.90 Å². The van der Waals surface area contributed by atoms with E-state index in [1.165, 1.54) is 0 Å². The summed E-state index contributed by atoms with van der Waals surface area (Å²) in [5.74, 6) is 0.223. The fraction of sp³-hybridized carbons (Fsp3) is 0.533. The summed E-state index contributed by atoms with van der Waals surface area (Å²) in [5, 5.41) is 19.1. The number of rotatable bonds is 2. The number of phenolic OH excluding ortho intramolecular Hbond substituents is 1. The second-order valence-electron chi connectivity index (χ2n) is 5.65.